The van der Waals surface area contributed by atoms with Crippen molar-refractivity contribution in [2.75, 3.05) is 0 Å². The van der Waals surface area contributed by atoms with E-state index in [0.717, 1.165) is 21.4 Å². The Kier molecular flexibility index (Phi) is 4.02. The van der Waals surface area contributed by atoms with Crippen LogP contribution < -0.4 is 0 Å². The molecule has 2 aromatic heterocycles. The summed E-state index contributed by atoms with van der Waals surface area (Å²) < 4.78 is 15.8. The first kappa shape index (κ1) is 14.8. The van der Waals surface area contributed by atoms with Crippen LogP contribution in [-0.2, 0) is 0 Å². The fourth-order valence-corrected chi connectivity index (χ4v) is 3.12. The third-order valence-corrected chi connectivity index (χ3v) is 4.04. The van der Waals surface area contributed by atoms with E-state index in [1.54, 1.807) is 35.3 Å². The SMILES string of the molecule is CC(C)c1nn(-c2ncccn2)c(-c2ccc(F)cc2)c1Br. The van der Waals surface area contributed by atoms with Crippen molar-refractivity contribution < 1.29 is 4.39 Å². The monoisotopic (exact) mass is 360 g/mol. The zero-order valence-electron chi connectivity index (χ0n) is 12.2. The molecule has 0 unspecified atom stereocenters. The van der Waals surface area contributed by atoms with Gasteiger partial charge in [-0.25, -0.2) is 14.4 Å². The third-order valence-electron chi connectivity index (χ3n) is 3.26. The summed E-state index contributed by atoms with van der Waals surface area (Å²) in [5, 5.41) is 4.63. The number of rotatable bonds is 3. The summed E-state index contributed by atoms with van der Waals surface area (Å²) in [6.45, 7) is 4.13. The van der Waals surface area contributed by atoms with Gasteiger partial charge in [-0.2, -0.15) is 9.78 Å². The summed E-state index contributed by atoms with van der Waals surface area (Å²) in [6.07, 6.45) is 3.34. The maximum Gasteiger partial charge on any atom is 0.251 e. The van der Waals surface area contributed by atoms with E-state index in [4.69, 9.17) is 0 Å². The van der Waals surface area contributed by atoms with E-state index in [-0.39, 0.29) is 11.7 Å². The maximum atomic E-state index is 13.2. The molecular weight excluding hydrogens is 347 g/mol. The van der Waals surface area contributed by atoms with Crippen molar-refractivity contribution in [2.24, 2.45) is 0 Å². The molecule has 112 valence electrons. The first-order valence-corrected chi connectivity index (χ1v) is 7.69. The summed E-state index contributed by atoms with van der Waals surface area (Å²) >= 11 is 3.62. The van der Waals surface area contributed by atoms with Crippen molar-refractivity contribution in [3.05, 3.63) is 58.7 Å². The smallest absolute Gasteiger partial charge is 0.220 e. The molecule has 0 aliphatic rings. The molecule has 0 saturated carbocycles. The van der Waals surface area contributed by atoms with Gasteiger partial charge < -0.3 is 0 Å². The van der Waals surface area contributed by atoms with Crippen LogP contribution in [0.5, 0.6) is 0 Å². The topological polar surface area (TPSA) is 43.6 Å². The lowest BCUT2D eigenvalue weighted by Crippen LogP contribution is -2.04. The molecular formula is C16H14BrFN4. The first-order chi connectivity index (χ1) is 10.6. The van der Waals surface area contributed by atoms with Crippen molar-refractivity contribution in [1.29, 1.82) is 0 Å². The van der Waals surface area contributed by atoms with Crippen molar-refractivity contribution >= 4 is 15.9 Å². The predicted octanol–water partition coefficient (Wildman–Crippen LogP) is 4.35. The van der Waals surface area contributed by atoms with E-state index >= 15 is 0 Å². The van der Waals surface area contributed by atoms with E-state index in [0.29, 0.717) is 5.95 Å². The molecule has 22 heavy (non-hydrogen) atoms. The van der Waals surface area contributed by atoms with Gasteiger partial charge in [0, 0.05) is 18.0 Å². The Morgan fingerprint density at radius 3 is 2.32 bits per heavy atom. The molecule has 0 spiro atoms. The maximum absolute atomic E-state index is 13.2. The van der Waals surface area contributed by atoms with Gasteiger partial charge in [-0.1, -0.05) is 13.8 Å². The second kappa shape index (κ2) is 5.96. The highest BCUT2D eigenvalue weighted by atomic mass is 79.9. The summed E-state index contributed by atoms with van der Waals surface area (Å²) in [4.78, 5) is 8.52. The molecule has 0 amide bonds. The highest BCUT2D eigenvalue weighted by molar-refractivity contribution is 9.10. The number of hydrogen-bond donors (Lipinski definition) is 0. The molecule has 0 aliphatic carbocycles. The van der Waals surface area contributed by atoms with E-state index in [2.05, 4.69) is 44.8 Å². The highest BCUT2D eigenvalue weighted by Crippen LogP contribution is 2.35. The van der Waals surface area contributed by atoms with Crippen molar-refractivity contribution in [1.82, 2.24) is 19.7 Å². The van der Waals surface area contributed by atoms with Gasteiger partial charge in [-0.15, -0.1) is 0 Å². The average molecular weight is 361 g/mol. The van der Waals surface area contributed by atoms with Crippen LogP contribution in [0.1, 0.15) is 25.5 Å². The lowest BCUT2D eigenvalue weighted by atomic mass is 10.1. The minimum Gasteiger partial charge on any atom is -0.220 e. The van der Waals surface area contributed by atoms with Gasteiger partial charge in [0.15, 0.2) is 0 Å². The Morgan fingerprint density at radius 2 is 1.73 bits per heavy atom. The van der Waals surface area contributed by atoms with Crippen LogP contribution in [0.4, 0.5) is 4.39 Å². The molecule has 0 fully saturated rings. The Balaban J connectivity index is 2.25. The van der Waals surface area contributed by atoms with E-state index in [1.807, 2.05) is 0 Å². The van der Waals surface area contributed by atoms with Crippen molar-refractivity contribution in [3.63, 3.8) is 0 Å². The number of nitrogens with zero attached hydrogens (tertiary/aromatic N) is 4. The average Bonchev–Trinajstić information content (AvgIpc) is 2.87. The molecule has 0 bridgehead atoms. The van der Waals surface area contributed by atoms with Crippen LogP contribution in [0.25, 0.3) is 17.2 Å². The summed E-state index contributed by atoms with van der Waals surface area (Å²) in [6, 6.07) is 8.06. The van der Waals surface area contributed by atoms with Gasteiger partial charge in [0.05, 0.1) is 15.9 Å². The molecule has 0 saturated heterocycles. The van der Waals surface area contributed by atoms with Gasteiger partial charge >= 0.3 is 0 Å². The Hall–Kier alpha value is -2.08. The lowest BCUT2D eigenvalue weighted by Gasteiger charge is -2.06. The molecule has 0 aliphatic heterocycles. The zero-order chi connectivity index (χ0) is 15.7. The van der Waals surface area contributed by atoms with Crippen LogP contribution in [0, 0.1) is 5.82 Å². The quantitative estimate of drug-likeness (QED) is 0.697. The first-order valence-electron chi connectivity index (χ1n) is 6.89. The van der Waals surface area contributed by atoms with E-state index < -0.39 is 0 Å². The van der Waals surface area contributed by atoms with Gasteiger partial charge in [-0.05, 0) is 52.2 Å². The van der Waals surface area contributed by atoms with Crippen LogP contribution in [-0.4, -0.2) is 19.7 Å². The normalized spacial score (nSPS) is 11.1. The predicted molar refractivity (Wildman–Crippen MR) is 86.3 cm³/mol. The highest BCUT2D eigenvalue weighted by Gasteiger charge is 2.21. The number of benzene rings is 1. The van der Waals surface area contributed by atoms with E-state index in [1.165, 1.54) is 12.1 Å². The molecule has 1 aromatic carbocycles. The lowest BCUT2D eigenvalue weighted by molar-refractivity contribution is 0.628. The summed E-state index contributed by atoms with van der Waals surface area (Å²) in [5.41, 5.74) is 2.57. The largest absolute Gasteiger partial charge is 0.251 e. The minimum absolute atomic E-state index is 0.235. The van der Waals surface area contributed by atoms with Gasteiger partial charge in [0.25, 0.3) is 5.95 Å². The molecule has 3 aromatic rings. The van der Waals surface area contributed by atoms with Gasteiger partial charge in [-0.3, -0.25) is 0 Å². The second-order valence-corrected chi connectivity index (χ2v) is 5.96. The number of hydrogen-bond acceptors (Lipinski definition) is 3. The third kappa shape index (κ3) is 2.66. The number of aromatic nitrogens is 4. The molecule has 0 N–H and O–H groups in total. The molecule has 0 atom stereocenters. The van der Waals surface area contributed by atoms with Crippen molar-refractivity contribution in [2.45, 2.75) is 19.8 Å². The molecule has 3 rings (SSSR count). The van der Waals surface area contributed by atoms with E-state index in [9.17, 15) is 4.39 Å². The fourth-order valence-electron chi connectivity index (χ4n) is 2.19. The molecule has 0 radical (unpaired) electrons. The van der Waals surface area contributed by atoms with Gasteiger partial charge in [0.1, 0.15) is 5.82 Å². The Bertz CT molecular complexity index is 782. The molecule has 4 nitrogen and oxygen atoms in total. The zero-order valence-corrected chi connectivity index (χ0v) is 13.7. The summed E-state index contributed by atoms with van der Waals surface area (Å²) in [7, 11) is 0. The standard InChI is InChI=1S/C16H14BrFN4/c1-10(2)14-13(17)15(11-4-6-12(18)7-5-11)22(21-14)16-19-8-3-9-20-16/h3-10H,1-2H3. The molecule has 6 heteroatoms. The van der Waals surface area contributed by atoms with Gasteiger partial charge in [0.2, 0.25) is 0 Å². The Labute approximate surface area is 136 Å². The second-order valence-electron chi connectivity index (χ2n) is 5.17. The fraction of sp³-hybridized carbons (Fsp3) is 0.188. The minimum atomic E-state index is -0.272. The van der Waals surface area contributed by atoms with Crippen LogP contribution in [0.3, 0.4) is 0 Å². The number of halogens is 2. The van der Waals surface area contributed by atoms with Crippen LogP contribution >= 0.6 is 15.9 Å². The summed E-state index contributed by atoms with van der Waals surface area (Å²) in [5.74, 6) is 0.443. The molecule has 2 heterocycles. The van der Waals surface area contributed by atoms with Crippen LogP contribution in [0.2, 0.25) is 0 Å². The Morgan fingerprint density at radius 1 is 1.09 bits per heavy atom. The van der Waals surface area contributed by atoms with Crippen molar-refractivity contribution in [3.8, 4) is 17.2 Å². The van der Waals surface area contributed by atoms with Crippen LogP contribution in [0.15, 0.2) is 47.2 Å².